The maximum absolute atomic E-state index is 10.1. The van der Waals surface area contributed by atoms with Crippen LogP contribution >= 0.6 is 0 Å². The van der Waals surface area contributed by atoms with Crippen LogP contribution in [0.1, 0.15) is 31.0 Å². The summed E-state index contributed by atoms with van der Waals surface area (Å²) in [5.74, 6) is 0.153. The highest BCUT2D eigenvalue weighted by Gasteiger charge is 2.12. The lowest BCUT2D eigenvalue weighted by molar-refractivity contribution is 0.337. The number of benzene rings is 3. The van der Waals surface area contributed by atoms with E-state index in [9.17, 15) is 5.11 Å². The van der Waals surface area contributed by atoms with Gasteiger partial charge in [-0.1, -0.05) is 67.9 Å². The molecule has 0 radical (unpaired) electrons. The molecule has 150 valence electrons. The number of nitrogens with zero attached hydrogens (tertiary/aromatic N) is 2. The molecule has 4 nitrogen and oxygen atoms in total. The lowest BCUT2D eigenvalue weighted by Crippen LogP contribution is -1.86. The van der Waals surface area contributed by atoms with Crippen molar-refractivity contribution in [2.45, 2.75) is 26.2 Å². The van der Waals surface area contributed by atoms with Crippen molar-refractivity contribution in [3.63, 3.8) is 0 Å². The van der Waals surface area contributed by atoms with Crippen molar-refractivity contribution in [1.82, 2.24) is 4.98 Å². The topological polar surface area (TPSA) is 58.6 Å². The quantitative estimate of drug-likeness (QED) is 0.349. The zero-order chi connectivity index (χ0) is 20.8. The Balaban J connectivity index is 1.47. The highest BCUT2D eigenvalue weighted by Crippen LogP contribution is 2.27. The zero-order valence-corrected chi connectivity index (χ0v) is 17.0. The van der Waals surface area contributed by atoms with E-state index in [1.807, 2.05) is 54.6 Å². The molecule has 4 heteroatoms. The number of hydrogen-bond donors (Lipinski definition) is 1. The average Bonchev–Trinajstić information content (AvgIpc) is 3.18. The summed E-state index contributed by atoms with van der Waals surface area (Å²) in [6.45, 7) is 2.19. The minimum atomic E-state index is -0.232. The van der Waals surface area contributed by atoms with Crippen LogP contribution in [-0.4, -0.2) is 16.3 Å². The van der Waals surface area contributed by atoms with Gasteiger partial charge in [0.25, 0.3) is 0 Å². The Bertz CT molecular complexity index is 1110. The largest absolute Gasteiger partial charge is 0.479 e. The maximum Gasteiger partial charge on any atom is 0.312 e. The monoisotopic (exact) mass is 396 g/mol. The van der Waals surface area contributed by atoms with Gasteiger partial charge in [-0.3, -0.25) is 4.99 Å². The van der Waals surface area contributed by atoms with Gasteiger partial charge in [0.15, 0.2) is 5.69 Å². The lowest BCUT2D eigenvalue weighted by Gasteiger charge is -2.01. The van der Waals surface area contributed by atoms with Crippen molar-refractivity contribution in [3.8, 4) is 28.5 Å². The second-order valence-corrected chi connectivity index (χ2v) is 7.18. The van der Waals surface area contributed by atoms with Gasteiger partial charge in [-0.25, -0.2) is 4.98 Å². The van der Waals surface area contributed by atoms with Crippen LogP contribution in [0.3, 0.4) is 0 Å². The number of unbranched alkanes of at least 4 members (excludes halogenated alkanes) is 1. The number of aromatic nitrogens is 1. The summed E-state index contributed by atoms with van der Waals surface area (Å²) in [6, 6.07) is 26.2. The van der Waals surface area contributed by atoms with Crippen molar-refractivity contribution in [2.75, 3.05) is 0 Å². The molecule has 0 saturated carbocycles. The molecular weight excluding hydrogens is 372 g/mol. The summed E-state index contributed by atoms with van der Waals surface area (Å²) in [5, 5.41) is 10.1. The molecule has 0 aliphatic carbocycles. The van der Waals surface area contributed by atoms with Gasteiger partial charge < -0.3 is 9.52 Å². The molecule has 4 aromatic rings. The lowest BCUT2D eigenvalue weighted by atomic mass is 10.1. The molecule has 1 heterocycles. The van der Waals surface area contributed by atoms with Crippen LogP contribution in [0.5, 0.6) is 5.95 Å². The predicted octanol–water partition coefficient (Wildman–Crippen LogP) is 6.81. The smallest absolute Gasteiger partial charge is 0.312 e. The number of oxazole rings is 1. The van der Waals surface area contributed by atoms with E-state index in [4.69, 9.17) is 4.42 Å². The Morgan fingerprint density at radius 3 is 2.23 bits per heavy atom. The van der Waals surface area contributed by atoms with Crippen LogP contribution in [0.2, 0.25) is 0 Å². The fourth-order valence-electron chi connectivity index (χ4n) is 3.23. The normalized spacial score (nSPS) is 11.2. The summed E-state index contributed by atoms with van der Waals surface area (Å²) < 4.78 is 5.44. The summed E-state index contributed by atoms with van der Waals surface area (Å²) >= 11 is 0. The van der Waals surface area contributed by atoms with Gasteiger partial charge >= 0.3 is 5.95 Å². The first-order valence-corrected chi connectivity index (χ1v) is 10.2. The van der Waals surface area contributed by atoms with E-state index in [1.54, 1.807) is 0 Å². The Morgan fingerprint density at radius 2 is 1.53 bits per heavy atom. The van der Waals surface area contributed by atoms with Crippen molar-refractivity contribution in [1.29, 1.82) is 0 Å². The van der Waals surface area contributed by atoms with Crippen LogP contribution < -0.4 is 0 Å². The molecule has 1 aromatic heterocycles. The Hall–Kier alpha value is -3.66. The van der Waals surface area contributed by atoms with Crippen LogP contribution in [-0.2, 0) is 6.42 Å². The SMILES string of the molecule is CCCCc1ccc(-c2nc(C=Nc3ccc(-c4ccccc4)cc3)c(O)o2)cc1. The highest BCUT2D eigenvalue weighted by molar-refractivity contribution is 5.83. The molecule has 30 heavy (non-hydrogen) atoms. The van der Waals surface area contributed by atoms with E-state index < -0.39 is 0 Å². The number of aliphatic imine (C=N–C) groups is 1. The number of aryl methyl sites for hydroxylation is 1. The first kappa shape index (κ1) is 19.6. The molecule has 0 amide bonds. The third-order valence-corrected chi connectivity index (χ3v) is 4.96. The van der Waals surface area contributed by atoms with E-state index in [1.165, 1.54) is 24.6 Å². The van der Waals surface area contributed by atoms with Crippen molar-refractivity contribution in [3.05, 3.63) is 90.1 Å². The fourth-order valence-corrected chi connectivity index (χ4v) is 3.23. The maximum atomic E-state index is 10.1. The third-order valence-electron chi connectivity index (χ3n) is 4.96. The second kappa shape index (κ2) is 9.23. The second-order valence-electron chi connectivity index (χ2n) is 7.18. The first-order valence-electron chi connectivity index (χ1n) is 10.2. The third kappa shape index (κ3) is 4.66. The Kier molecular flexibility index (Phi) is 6.04. The van der Waals surface area contributed by atoms with Crippen LogP contribution in [0.4, 0.5) is 5.69 Å². The molecule has 0 bridgehead atoms. The standard InChI is InChI=1S/C26H24N2O2/c1-2-3-7-19-10-12-22(13-11-19)25-28-24(26(29)30-25)18-27-23-16-14-21(15-17-23)20-8-5-4-6-9-20/h4-6,8-18,29H,2-3,7H2,1H3. The van der Waals surface area contributed by atoms with Gasteiger partial charge in [0, 0.05) is 5.56 Å². The van der Waals surface area contributed by atoms with Gasteiger partial charge in [-0.15, -0.1) is 0 Å². The van der Waals surface area contributed by atoms with Gasteiger partial charge in [0.05, 0.1) is 11.9 Å². The molecule has 1 N–H and O–H groups in total. The van der Waals surface area contributed by atoms with Crippen molar-refractivity contribution < 1.29 is 9.52 Å². The first-order chi connectivity index (χ1) is 14.7. The minimum absolute atomic E-state index is 0.232. The van der Waals surface area contributed by atoms with Crippen molar-refractivity contribution >= 4 is 11.9 Å². The molecule has 3 aromatic carbocycles. The number of aromatic hydroxyl groups is 1. The molecule has 0 aliphatic rings. The van der Waals surface area contributed by atoms with E-state index in [2.05, 4.69) is 41.2 Å². The summed E-state index contributed by atoms with van der Waals surface area (Å²) in [4.78, 5) is 8.81. The molecule has 0 saturated heterocycles. The fraction of sp³-hybridized carbons (Fsp3) is 0.154. The molecule has 0 fully saturated rings. The van der Waals surface area contributed by atoms with E-state index in [-0.39, 0.29) is 5.95 Å². The summed E-state index contributed by atoms with van der Waals surface area (Å²) in [5.41, 5.74) is 5.50. The molecule has 0 spiro atoms. The minimum Gasteiger partial charge on any atom is -0.479 e. The predicted molar refractivity (Wildman–Crippen MR) is 121 cm³/mol. The van der Waals surface area contributed by atoms with Crippen LogP contribution in [0.15, 0.2) is 88.3 Å². The van der Waals surface area contributed by atoms with E-state index in [0.29, 0.717) is 11.6 Å². The van der Waals surface area contributed by atoms with Gasteiger partial charge in [0.1, 0.15) is 0 Å². The van der Waals surface area contributed by atoms with E-state index >= 15 is 0 Å². The molecule has 0 aliphatic heterocycles. The number of rotatable bonds is 7. The Labute approximate surface area is 176 Å². The molecular formula is C26H24N2O2. The highest BCUT2D eigenvalue weighted by atomic mass is 16.5. The summed E-state index contributed by atoms with van der Waals surface area (Å²) in [6.07, 6.45) is 4.93. The molecule has 0 unspecified atom stereocenters. The van der Waals surface area contributed by atoms with Gasteiger partial charge in [-0.2, -0.15) is 0 Å². The van der Waals surface area contributed by atoms with Gasteiger partial charge in [-0.05, 0) is 53.8 Å². The van der Waals surface area contributed by atoms with Crippen LogP contribution in [0.25, 0.3) is 22.6 Å². The summed E-state index contributed by atoms with van der Waals surface area (Å²) in [7, 11) is 0. The number of hydrogen-bond acceptors (Lipinski definition) is 4. The molecule has 0 atom stereocenters. The van der Waals surface area contributed by atoms with Crippen molar-refractivity contribution in [2.24, 2.45) is 4.99 Å². The average molecular weight is 396 g/mol. The van der Waals surface area contributed by atoms with Gasteiger partial charge in [0.2, 0.25) is 5.89 Å². The zero-order valence-electron chi connectivity index (χ0n) is 17.0. The van der Waals surface area contributed by atoms with E-state index in [0.717, 1.165) is 28.8 Å². The van der Waals surface area contributed by atoms with Crippen LogP contribution in [0, 0.1) is 0 Å². The molecule has 4 rings (SSSR count). The Morgan fingerprint density at radius 1 is 0.867 bits per heavy atom.